The number of amidine groups is 1. The van der Waals surface area contributed by atoms with E-state index < -0.39 is 5.82 Å². The Kier molecular flexibility index (Phi) is 4.34. The second kappa shape index (κ2) is 6.96. The minimum Gasteiger partial charge on any atom is -0.266 e. The molecule has 0 N–H and O–H groups in total. The number of benzene rings is 3. The number of halogens is 2. The Morgan fingerprint density at radius 1 is 0.815 bits per heavy atom. The Labute approximate surface area is 154 Å². The van der Waals surface area contributed by atoms with Gasteiger partial charge in [0.1, 0.15) is 17.3 Å². The zero-order valence-electron chi connectivity index (χ0n) is 14.1. The van der Waals surface area contributed by atoms with Crippen LogP contribution in [0.3, 0.4) is 0 Å². The molecule has 3 aromatic carbocycles. The van der Waals surface area contributed by atoms with Crippen molar-refractivity contribution < 1.29 is 13.6 Å². The molecule has 0 spiro atoms. The molecule has 0 aliphatic carbocycles. The van der Waals surface area contributed by atoms with Gasteiger partial charge in [0.05, 0.1) is 11.3 Å². The topological polar surface area (TPSA) is 32.7 Å². The Bertz CT molecular complexity index is 1060. The first-order valence-electron chi connectivity index (χ1n) is 8.34. The predicted octanol–water partition coefficient (Wildman–Crippen LogP) is 4.80. The quantitative estimate of drug-likeness (QED) is 0.618. The van der Waals surface area contributed by atoms with E-state index in [1.807, 2.05) is 6.07 Å². The predicted molar refractivity (Wildman–Crippen MR) is 101 cm³/mol. The number of nitrogens with zero attached hydrogens (tertiary/aromatic N) is 2. The summed E-state index contributed by atoms with van der Waals surface area (Å²) < 4.78 is 27.5. The summed E-state index contributed by atoms with van der Waals surface area (Å²) in [6.07, 6.45) is 1.56. The van der Waals surface area contributed by atoms with Crippen LogP contribution in [-0.2, 0) is 4.79 Å². The van der Waals surface area contributed by atoms with Crippen molar-refractivity contribution >= 4 is 23.5 Å². The van der Waals surface area contributed by atoms with Gasteiger partial charge in [-0.15, -0.1) is 0 Å². The maximum atomic E-state index is 14.4. The van der Waals surface area contributed by atoms with Crippen LogP contribution in [0.2, 0.25) is 0 Å². The molecule has 0 radical (unpaired) electrons. The van der Waals surface area contributed by atoms with E-state index in [0.29, 0.717) is 11.3 Å². The van der Waals surface area contributed by atoms with E-state index in [9.17, 15) is 13.6 Å². The molecule has 5 heteroatoms. The SMILES string of the molecule is O=C1/C(=C\c2ccc(F)cc2)N=C(c2ccccc2F)N1c1ccccc1. The highest BCUT2D eigenvalue weighted by Gasteiger charge is 2.33. The maximum Gasteiger partial charge on any atom is 0.282 e. The van der Waals surface area contributed by atoms with E-state index in [1.165, 1.54) is 23.1 Å². The van der Waals surface area contributed by atoms with Crippen LogP contribution < -0.4 is 4.90 Å². The fraction of sp³-hybridized carbons (Fsp3) is 0. The number of rotatable bonds is 3. The lowest BCUT2D eigenvalue weighted by molar-refractivity contribution is -0.113. The number of hydrogen-bond acceptors (Lipinski definition) is 2. The van der Waals surface area contributed by atoms with Gasteiger partial charge in [0.2, 0.25) is 0 Å². The number of carbonyl (C=O) groups is 1. The van der Waals surface area contributed by atoms with Crippen LogP contribution in [0.4, 0.5) is 14.5 Å². The van der Waals surface area contributed by atoms with E-state index in [1.54, 1.807) is 60.7 Å². The van der Waals surface area contributed by atoms with Gasteiger partial charge >= 0.3 is 0 Å². The van der Waals surface area contributed by atoms with Gasteiger partial charge in [0.25, 0.3) is 5.91 Å². The lowest BCUT2D eigenvalue weighted by Crippen LogP contribution is -2.33. The van der Waals surface area contributed by atoms with E-state index in [0.717, 1.165) is 0 Å². The summed E-state index contributed by atoms with van der Waals surface area (Å²) in [4.78, 5) is 18.8. The second-order valence-electron chi connectivity index (χ2n) is 5.97. The highest BCUT2D eigenvalue weighted by atomic mass is 19.1. The van der Waals surface area contributed by atoms with Crippen molar-refractivity contribution in [3.8, 4) is 0 Å². The van der Waals surface area contributed by atoms with Crippen molar-refractivity contribution in [2.45, 2.75) is 0 Å². The molecule has 1 heterocycles. The van der Waals surface area contributed by atoms with Crippen molar-refractivity contribution in [2.75, 3.05) is 4.90 Å². The summed E-state index contributed by atoms with van der Waals surface area (Å²) in [6.45, 7) is 0. The van der Waals surface area contributed by atoms with Crippen LogP contribution in [0.1, 0.15) is 11.1 Å². The molecule has 3 aromatic rings. The Hall–Kier alpha value is -3.60. The molecule has 0 unspecified atom stereocenters. The fourth-order valence-corrected chi connectivity index (χ4v) is 2.87. The summed E-state index contributed by atoms with van der Waals surface area (Å²) >= 11 is 0. The highest BCUT2D eigenvalue weighted by molar-refractivity contribution is 6.33. The first-order valence-corrected chi connectivity index (χ1v) is 8.34. The summed E-state index contributed by atoms with van der Waals surface area (Å²) in [6, 6.07) is 20.8. The van der Waals surface area contributed by atoms with Gasteiger partial charge in [-0.1, -0.05) is 42.5 Å². The van der Waals surface area contributed by atoms with Gasteiger partial charge < -0.3 is 0 Å². The number of para-hydroxylation sites is 1. The van der Waals surface area contributed by atoms with Crippen LogP contribution in [0, 0.1) is 11.6 Å². The molecule has 0 saturated carbocycles. The average molecular weight is 360 g/mol. The van der Waals surface area contributed by atoms with E-state index >= 15 is 0 Å². The third-order valence-corrected chi connectivity index (χ3v) is 4.16. The van der Waals surface area contributed by atoms with Crippen molar-refractivity contribution in [1.82, 2.24) is 0 Å². The molecule has 27 heavy (non-hydrogen) atoms. The molecule has 0 aromatic heterocycles. The van der Waals surface area contributed by atoms with Crippen molar-refractivity contribution in [3.63, 3.8) is 0 Å². The number of aliphatic imine (C=N–C) groups is 1. The molecule has 1 aliphatic rings. The standard InChI is InChI=1S/C22H14F2N2O/c23-16-12-10-15(11-13-16)14-20-22(27)26(17-6-2-1-3-7-17)21(25-20)18-8-4-5-9-19(18)24/h1-14H/b20-14+. The van der Waals surface area contributed by atoms with Gasteiger partial charge in [-0.2, -0.15) is 0 Å². The second-order valence-corrected chi connectivity index (χ2v) is 5.97. The van der Waals surface area contributed by atoms with Crippen LogP contribution in [0.15, 0.2) is 89.6 Å². The van der Waals surface area contributed by atoms with Crippen molar-refractivity contribution in [3.05, 3.63) is 107 Å². The van der Waals surface area contributed by atoms with Crippen LogP contribution in [-0.4, -0.2) is 11.7 Å². The molecule has 132 valence electrons. The highest BCUT2D eigenvalue weighted by Crippen LogP contribution is 2.28. The van der Waals surface area contributed by atoms with E-state index in [-0.39, 0.29) is 28.8 Å². The molecule has 0 saturated heterocycles. The first kappa shape index (κ1) is 16.8. The zero-order chi connectivity index (χ0) is 18.8. The zero-order valence-corrected chi connectivity index (χ0v) is 14.1. The van der Waals surface area contributed by atoms with Gasteiger partial charge in [-0.05, 0) is 48.0 Å². The molecule has 0 atom stereocenters. The van der Waals surface area contributed by atoms with Gasteiger partial charge in [0.15, 0.2) is 5.84 Å². The molecule has 0 fully saturated rings. The third kappa shape index (κ3) is 3.27. The molecule has 4 rings (SSSR count). The smallest absolute Gasteiger partial charge is 0.266 e. The normalized spacial score (nSPS) is 15.3. The first-order chi connectivity index (χ1) is 13.1. The lowest BCUT2D eigenvalue weighted by atomic mass is 10.1. The van der Waals surface area contributed by atoms with Gasteiger partial charge in [-0.25, -0.2) is 13.8 Å². The van der Waals surface area contributed by atoms with Crippen molar-refractivity contribution in [1.29, 1.82) is 0 Å². The third-order valence-electron chi connectivity index (χ3n) is 4.16. The number of hydrogen-bond donors (Lipinski definition) is 0. The fourth-order valence-electron chi connectivity index (χ4n) is 2.87. The largest absolute Gasteiger partial charge is 0.282 e. The Morgan fingerprint density at radius 3 is 2.19 bits per heavy atom. The summed E-state index contributed by atoms with van der Waals surface area (Å²) in [5.74, 6) is -0.981. The number of anilines is 1. The minimum atomic E-state index is -0.465. The van der Waals surface area contributed by atoms with Crippen LogP contribution >= 0.6 is 0 Å². The van der Waals surface area contributed by atoms with Gasteiger partial charge in [-0.3, -0.25) is 9.69 Å². The number of carbonyl (C=O) groups excluding carboxylic acids is 1. The summed E-state index contributed by atoms with van der Waals surface area (Å²) in [5.41, 5.74) is 1.61. The van der Waals surface area contributed by atoms with E-state index in [4.69, 9.17) is 0 Å². The average Bonchev–Trinajstić information content (AvgIpc) is 3.01. The molecule has 1 aliphatic heterocycles. The molecule has 1 amide bonds. The Balaban J connectivity index is 1.84. The molecule has 3 nitrogen and oxygen atoms in total. The number of amides is 1. The molecular formula is C22H14F2N2O. The van der Waals surface area contributed by atoms with Crippen molar-refractivity contribution in [2.24, 2.45) is 4.99 Å². The van der Waals surface area contributed by atoms with Crippen LogP contribution in [0.5, 0.6) is 0 Å². The Morgan fingerprint density at radius 2 is 1.48 bits per heavy atom. The molecular weight excluding hydrogens is 346 g/mol. The summed E-state index contributed by atoms with van der Waals surface area (Å²) in [5, 5.41) is 0. The van der Waals surface area contributed by atoms with E-state index in [2.05, 4.69) is 4.99 Å². The molecule has 0 bridgehead atoms. The summed E-state index contributed by atoms with van der Waals surface area (Å²) in [7, 11) is 0. The lowest BCUT2D eigenvalue weighted by Gasteiger charge is -2.18. The monoisotopic (exact) mass is 360 g/mol. The van der Waals surface area contributed by atoms with Crippen LogP contribution in [0.25, 0.3) is 6.08 Å². The maximum absolute atomic E-state index is 14.4. The minimum absolute atomic E-state index is 0.156. The van der Waals surface area contributed by atoms with Gasteiger partial charge in [0, 0.05) is 0 Å².